The van der Waals surface area contributed by atoms with Crippen molar-refractivity contribution in [2.24, 2.45) is 0 Å². The van der Waals surface area contributed by atoms with Crippen LogP contribution in [0.5, 0.6) is 11.5 Å². The maximum atomic E-state index is 13.0. The number of hydrogen-bond acceptors (Lipinski definition) is 3. The molecule has 0 N–H and O–H groups in total. The summed E-state index contributed by atoms with van der Waals surface area (Å²) in [6, 6.07) is 21.8. The Labute approximate surface area is 177 Å². The van der Waals surface area contributed by atoms with Gasteiger partial charge in [-0.15, -0.1) is 0 Å². The average molecular weight is 406 g/mol. The molecule has 0 radical (unpaired) electrons. The van der Waals surface area contributed by atoms with Crippen molar-refractivity contribution >= 4 is 5.78 Å². The number of halogens is 1. The van der Waals surface area contributed by atoms with Gasteiger partial charge in [0.25, 0.3) is 0 Å². The summed E-state index contributed by atoms with van der Waals surface area (Å²) in [5, 5.41) is 0. The fourth-order valence-corrected chi connectivity index (χ4v) is 3.29. The number of benzene rings is 3. The quantitative estimate of drug-likeness (QED) is 0.273. The molecule has 4 heteroatoms. The van der Waals surface area contributed by atoms with Crippen LogP contribution in [0, 0.1) is 5.82 Å². The molecule has 0 heterocycles. The van der Waals surface area contributed by atoms with E-state index in [9.17, 15) is 9.18 Å². The van der Waals surface area contributed by atoms with E-state index in [0.717, 1.165) is 36.8 Å². The number of ketones is 1. The van der Waals surface area contributed by atoms with Crippen molar-refractivity contribution in [2.75, 3.05) is 7.11 Å². The number of carbonyl (C=O) groups excluding carboxylic acids is 1. The molecule has 0 bridgehead atoms. The van der Waals surface area contributed by atoms with E-state index in [0.29, 0.717) is 30.1 Å². The minimum Gasteiger partial charge on any atom is -0.497 e. The lowest BCUT2D eigenvalue weighted by Gasteiger charge is -2.13. The molecule has 0 amide bonds. The number of methoxy groups -OCH3 is 1. The van der Waals surface area contributed by atoms with Gasteiger partial charge >= 0.3 is 0 Å². The van der Waals surface area contributed by atoms with Gasteiger partial charge in [0.2, 0.25) is 0 Å². The Hall–Kier alpha value is -3.14. The van der Waals surface area contributed by atoms with Gasteiger partial charge in [0.05, 0.1) is 12.7 Å². The minimum absolute atomic E-state index is 0.0718. The molecule has 156 valence electrons. The molecule has 3 nitrogen and oxygen atoms in total. The van der Waals surface area contributed by atoms with Crippen molar-refractivity contribution in [1.82, 2.24) is 0 Å². The summed E-state index contributed by atoms with van der Waals surface area (Å²) in [5.41, 5.74) is 2.75. The van der Waals surface area contributed by atoms with E-state index in [2.05, 4.69) is 0 Å². The first-order chi connectivity index (χ1) is 14.7. The first kappa shape index (κ1) is 21.6. The highest BCUT2D eigenvalue weighted by Crippen LogP contribution is 2.27. The molecule has 0 spiro atoms. The summed E-state index contributed by atoms with van der Waals surface area (Å²) < 4.78 is 24.2. The summed E-state index contributed by atoms with van der Waals surface area (Å²) in [6.45, 7) is 0.395. The summed E-state index contributed by atoms with van der Waals surface area (Å²) in [7, 11) is 1.60. The van der Waals surface area contributed by atoms with Crippen LogP contribution in [0.25, 0.3) is 0 Å². The number of unbranched alkanes of at least 4 members (excludes halogenated alkanes) is 2. The third-order valence-electron chi connectivity index (χ3n) is 5.01. The highest BCUT2D eigenvalue weighted by atomic mass is 19.1. The van der Waals surface area contributed by atoms with E-state index in [-0.39, 0.29) is 11.6 Å². The molecule has 0 atom stereocenters. The molecule has 0 aliphatic rings. The zero-order valence-electron chi connectivity index (χ0n) is 17.3. The van der Waals surface area contributed by atoms with E-state index in [1.807, 2.05) is 42.5 Å². The predicted molar refractivity (Wildman–Crippen MR) is 117 cm³/mol. The van der Waals surface area contributed by atoms with Crippen LogP contribution >= 0.6 is 0 Å². The summed E-state index contributed by atoms with van der Waals surface area (Å²) in [6.07, 6.45) is 4.09. The van der Waals surface area contributed by atoms with Crippen molar-refractivity contribution < 1.29 is 18.7 Å². The van der Waals surface area contributed by atoms with Gasteiger partial charge in [-0.1, -0.05) is 48.9 Å². The number of ether oxygens (including phenoxy) is 2. The molecule has 0 aliphatic heterocycles. The largest absolute Gasteiger partial charge is 0.497 e. The second kappa shape index (κ2) is 11.1. The lowest BCUT2D eigenvalue weighted by molar-refractivity contribution is 0.0974. The van der Waals surface area contributed by atoms with E-state index < -0.39 is 0 Å². The normalized spacial score (nSPS) is 10.6. The van der Waals surface area contributed by atoms with Crippen LogP contribution in [-0.2, 0) is 13.0 Å². The van der Waals surface area contributed by atoms with Crippen LogP contribution in [0.3, 0.4) is 0 Å². The highest BCUT2D eigenvalue weighted by Gasteiger charge is 2.14. The van der Waals surface area contributed by atoms with E-state index in [4.69, 9.17) is 9.47 Å². The van der Waals surface area contributed by atoms with Crippen molar-refractivity contribution in [3.8, 4) is 11.5 Å². The summed E-state index contributed by atoms with van der Waals surface area (Å²) in [5.74, 6) is 1.07. The number of carbonyl (C=O) groups is 1. The molecule has 0 unspecified atom stereocenters. The Morgan fingerprint density at radius 1 is 0.867 bits per heavy atom. The van der Waals surface area contributed by atoms with Gasteiger partial charge in [0.1, 0.15) is 23.9 Å². The molecule has 0 aliphatic carbocycles. The molecule has 0 aromatic heterocycles. The lowest BCUT2D eigenvalue weighted by atomic mass is 10.0. The van der Waals surface area contributed by atoms with E-state index in [1.54, 1.807) is 25.3 Å². The zero-order valence-corrected chi connectivity index (χ0v) is 17.3. The number of Topliss-reactive ketones (excluding diaryl/α,β-unsaturated/α-hetero) is 1. The topological polar surface area (TPSA) is 35.5 Å². The smallest absolute Gasteiger partial charge is 0.166 e. The van der Waals surface area contributed by atoms with Crippen molar-refractivity contribution in [3.05, 3.63) is 95.3 Å². The fraction of sp³-hybridized carbons (Fsp3) is 0.269. The maximum absolute atomic E-state index is 13.0. The first-order valence-corrected chi connectivity index (χ1v) is 10.3. The van der Waals surface area contributed by atoms with Gasteiger partial charge in [-0.3, -0.25) is 4.79 Å². The Balaban J connectivity index is 1.53. The number of rotatable bonds is 11. The Morgan fingerprint density at radius 2 is 1.63 bits per heavy atom. The zero-order chi connectivity index (χ0) is 21.2. The Morgan fingerprint density at radius 3 is 2.37 bits per heavy atom. The third-order valence-corrected chi connectivity index (χ3v) is 5.01. The standard InChI is InChI=1S/C26H27FO3/c1-29-23-16-17-24(26(18-23)30-19-21-9-5-2-6-10-21)25(28)11-7-3-4-8-20-12-14-22(27)15-13-20/h2,5-6,9-10,12-18H,3-4,7-8,11,19H2,1H3. The molecule has 0 saturated carbocycles. The van der Waals surface area contributed by atoms with Crippen molar-refractivity contribution in [2.45, 2.75) is 38.7 Å². The van der Waals surface area contributed by atoms with Gasteiger partial charge in [0.15, 0.2) is 5.78 Å². The Bertz CT molecular complexity index is 936. The van der Waals surface area contributed by atoms with E-state index >= 15 is 0 Å². The van der Waals surface area contributed by atoms with Crippen LogP contribution in [0.4, 0.5) is 4.39 Å². The number of aryl methyl sites for hydroxylation is 1. The van der Waals surface area contributed by atoms with Crippen LogP contribution < -0.4 is 9.47 Å². The van der Waals surface area contributed by atoms with Crippen LogP contribution in [0.1, 0.15) is 47.2 Å². The molecule has 0 fully saturated rings. The molecule has 0 saturated heterocycles. The fourth-order valence-electron chi connectivity index (χ4n) is 3.29. The molecular weight excluding hydrogens is 379 g/mol. The second-order valence-corrected chi connectivity index (χ2v) is 7.25. The van der Waals surface area contributed by atoms with Crippen LogP contribution in [0.2, 0.25) is 0 Å². The number of hydrogen-bond donors (Lipinski definition) is 0. The van der Waals surface area contributed by atoms with Crippen molar-refractivity contribution in [3.63, 3.8) is 0 Å². The first-order valence-electron chi connectivity index (χ1n) is 10.3. The molecular formula is C26H27FO3. The van der Waals surface area contributed by atoms with Crippen LogP contribution in [-0.4, -0.2) is 12.9 Å². The lowest BCUT2D eigenvalue weighted by Crippen LogP contribution is -2.05. The molecule has 3 rings (SSSR count). The SMILES string of the molecule is COc1ccc(C(=O)CCCCCc2ccc(F)cc2)c(OCc2ccccc2)c1. The second-order valence-electron chi connectivity index (χ2n) is 7.25. The highest BCUT2D eigenvalue weighted by molar-refractivity contribution is 5.98. The van der Waals surface area contributed by atoms with Gasteiger partial charge in [0, 0.05) is 12.5 Å². The predicted octanol–water partition coefficient (Wildman–Crippen LogP) is 6.40. The van der Waals surface area contributed by atoms with Crippen molar-refractivity contribution in [1.29, 1.82) is 0 Å². The van der Waals surface area contributed by atoms with Gasteiger partial charge < -0.3 is 9.47 Å². The Kier molecular flexibility index (Phi) is 8.02. The van der Waals surface area contributed by atoms with Gasteiger partial charge in [-0.05, 0) is 54.7 Å². The molecule has 3 aromatic rings. The average Bonchev–Trinajstić information content (AvgIpc) is 2.79. The van der Waals surface area contributed by atoms with Gasteiger partial charge in [-0.2, -0.15) is 0 Å². The molecule has 30 heavy (non-hydrogen) atoms. The molecule has 3 aromatic carbocycles. The summed E-state index contributed by atoms with van der Waals surface area (Å²) >= 11 is 0. The summed E-state index contributed by atoms with van der Waals surface area (Å²) in [4.78, 5) is 12.8. The minimum atomic E-state index is -0.214. The van der Waals surface area contributed by atoms with E-state index in [1.165, 1.54) is 12.1 Å². The van der Waals surface area contributed by atoms with Crippen LogP contribution in [0.15, 0.2) is 72.8 Å². The monoisotopic (exact) mass is 406 g/mol. The third kappa shape index (κ3) is 6.45. The maximum Gasteiger partial charge on any atom is 0.166 e. The van der Waals surface area contributed by atoms with Gasteiger partial charge in [-0.25, -0.2) is 4.39 Å².